The Balaban J connectivity index is 1.49. The van der Waals surface area contributed by atoms with Crippen molar-refractivity contribution in [3.63, 3.8) is 0 Å². The topological polar surface area (TPSA) is 93.2 Å². The molecule has 2 N–H and O–H groups in total. The largest absolute Gasteiger partial charge is 0.444 e. The lowest BCUT2D eigenvalue weighted by Crippen LogP contribution is -2.39. The van der Waals surface area contributed by atoms with E-state index in [1.54, 1.807) is 6.26 Å². The number of hydrogen-bond acceptors (Lipinski definition) is 5. The molecule has 0 fully saturated rings. The molecular weight excluding hydrogens is 402 g/mol. The molecule has 0 spiro atoms. The molecule has 0 aliphatic carbocycles. The van der Waals surface area contributed by atoms with Crippen molar-refractivity contribution >= 4 is 5.96 Å². The molecule has 0 radical (unpaired) electrons. The standard InChI is InChI=1S/C24H27N7O/c1-17(19-10-6-4-7-11-19)27-24(26-15-22-30-29-18(2)31(22)3)25-14-21-16-32-23(28-21)20-12-8-5-9-13-20/h4-13,16-17H,14-15H2,1-3H3,(H2,25,26,27). The van der Waals surface area contributed by atoms with Crippen LogP contribution in [0.25, 0.3) is 11.5 Å². The summed E-state index contributed by atoms with van der Waals surface area (Å²) in [5.41, 5.74) is 2.87. The lowest BCUT2D eigenvalue weighted by molar-refractivity contribution is 0.572. The van der Waals surface area contributed by atoms with E-state index in [9.17, 15) is 0 Å². The SMILES string of the molecule is Cc1nnc(CNC(=NCc2coc(-c3ccccc3)n2)NC(C)c2ccccc2)n1C. The zero-order chi connectivity index (χ0) is 22.3. The van der Waals surface area contributed by atoms with Crippen molar-refractivity contribution in [2.45, 2.75) is 33.0 Å². The second-order valence-electron chi connectivity index (χ2n) is 7.53. The number of guanidine groups is 1. The second kappa shape index (κ2) is 9.91. The predicted molar refractivity (Wildman–Crippen MR) is 124 cm³/mol. The smallest absolute Gasteiger partial charge is 0.226 e. The van der Waals surface area contributed by atoms with E-state index in [1.807, 2.05) is 67.1 Å². The van der Waals surface area contributed by atoms with E-state index in [2.05, 4.69) is 44.9 Å². The third-order valence-corrected chi connectivity index (χ3v) is 5.22. The van der Waals surface area contributed by atoms with Gasteiger partial charge in [-0.05, 0) is 31.5 Å². The van der Waals surface area contributed by atoms with Crippen LogP contribution in [0.4, 0.5) is 0 Å². The summed E-state index contributed by atoms with van der Waals surface area (Å²) in [7, 11) is 1.95. The summed E-state index contributed by atoms with van der Waals surface area (Å²) in [4.78, 5) is 9.30. The van der Waals surface area contributed by atoms with Crippen LogP contribution in [0.3, 0.4) is 0 Å². The minimum atomic E-state index is 0.0703. The highest BCUT2D eigenvalue weighted by molar-refractivity contribution is 5.80. The van der Waals surface area contributed by atoms with Crippen molar-refractivity contribution in [3.8, 4) is 11.5 Å². The Kier molecular flexibility index (Phi) is 6.60. The summed E-state index contributed by atoms with van der Waals surface area (Å²) in [5.74, 6) is 2.94. The molecule has 4 rings (SSSR count). The number of benzene rings is 2. The zero-order valence-corrected chi connectivity index (χ0v) is 18.5. The first-order valence-electron chi connectivity index (χ1n) is 10.5. The minimum absolute atomic E-state index is 0.0703. The summed E-state index contributed by atoms with van der Waals surface area (Å²) in [6, 6.07) is 20.1. The van der Waals surface area contributed by atoms with Crippen molar-refractivity contribution in [3.05, 3.63) is 89.8 Å². The maximum atomic E-state index is 5.64. The van der Waals surface area contributed by atoms with Gasteiger partial charge in [0.15, 0.2) is 11.8 Å². The van der Waals surface area contributed by atoms with Gasteiger partial charge in [-0.25, -0.2) is 9.98 Å². The summed E-state index contributed by atoms with van der Waals surface area (Å²) in [6.07, 6.45) is 1.65. The van der Waals surface area contributed by atoms with Crippen LogP contribution in [-0.4, -0.2) is 25.7 Å². The zero-order valence-electron chi connectivity index (χ0n) is 18.5. The molecule has 32 heavy (non-hydrogen) atoms. The molecule has 0 aliphatic heterocycles. The first-order chi connectivity index (χ1) is 15.6. The van der Waals surface area contributed by atoms with Crippen molar-refractivity contribution < 1.29 is 4.42 Å². The Hall–Kier alpha value is -3.94. The monoisotopic (exact) mass is 429 g/mol. The van der Waals surface area contributed by atoms with Gasteiger partial charge in [0.2, 0.25) is 5.89 Å². The van der Waals surface area contributed by atoms with Crippen LogP contribution in [0, 0.1) is 6.92 Å². The average Bonchev–Trinajstić information content (AvgIpc) is 3.44. The number of aromatic nitrogens is 4. The van der Waals surface area contributed by atoms with Gasteiger partial charge in [0.1, 0.15) is 17.8 Å². The average molecular weight is 430 g/mol. The minimum Gasteiger partial charge on any atom is -0.444 e. The molecule has 0 amide bonds. The lowest BCUT2D eigenvalue weighted by atomic mass is 10.1. The van der Waals surface area contributed by atoms with E-state index in [0.29, 0.717) is 24.9 Å². The third kappa shape index (κ3) is 5.21. The van der Waals surface area contributed by atoms with E-state index in [4.69, 9.17) is 9.41 Å². The molecule has 1 atom stereocenters. The Labute approximate surface area is 187 Å². The number of aryl methyl sites for hydroxylation is 1. The summed E-state index contributed by atoms with van der Waals surface area (Å²) in [6.45, 7) is 4.91. The fourth-order valence-corrected chi connectivity index (χ4v) is 3.20. The first-order valence-corrected chi connectivity index (χ1v) is 10.5. The molecule has 0 aliphatic rings. The van der Waals surface area contributed by atoms with Crippen molar-refractivity contribution in [1.29, 1.82) is 0 Å². The molecule has 0 saturated carbocycles. The molecule has 4 aromatic rings. The fourth-order valence-electron chi connectivity index (χ4n) is 3.20. The molecule has 8 heteroatoms. The maximum Gasteiger partial charge on any atom is 0.226 e. The maximum absolute atomic E-state index is 5.64. The van der Waals surface area contributed by atoms with Crippen LogP contribution in [-0.2, 0) is 20.1 Å². The molecule has 1 unspecified atom stereocenters. The number of rotatable bonds is 7. The third-order valence-electron chi connectivity index (χ3n) is 5.22. The number of nitrogens with one attached hydrogen (secondary N) is 2. The van der Waals surface area contributed by atoms with Crippen molar-refractivity contribution in [1.82, 2.24) is 30.4 Å². The molecule has 164 valence electrons. The van der Waals surface area contributed by atoms with E-state index in [0.717, 1.165) is 22.9 Å². The van der Waals surface area contributed by atoms with Crippen LogP contribution in [0.15, 0.2) is 76.3 Å². The molecular formula is C24H27N7O. The number of oxazole rings is 1. The van der Waals surface area contributed by atoms with Crippen LogP contribution in [0.1, 0.15) is 35.9 Å². The van der Waals surface area contributed by atoms with Crippen LogP contribution in [0.5, 0.6) is 0 Å². The quantitative estimate of drug-likeness (QED) is 0.343. The van der Waals surface area contributed by atoms with Gasteiger partial charge in [-0.1, -0.05) is 48.5 Å². The fraction of sp³-hybridized carbons (Fsp3) is 0.250. The lowest BCUT2D eigenvalue weighted by Gasteiger charge is -2.18. The highest BCUT2D eigenvalue weighted by Crippen LogP contribution is 2.18. The van der Waals surface area contributed by atoms with Gasteiger partial charge in [-0.2, -0.15) is 0 Å². The van der Waals surface area contributed by atoms with Crippen LogP contribution >= 0.6 is 0 Å². The Morgan fingerprint density at radius 2 is 1.78 bits per heavy atom. The van der Waals surface area contributed by atoms with Crippen LogP contribution < -0.4 is 10.6 Å². The first kappa shape index (κ1) is 21.3. The van der Waals surface area contributed by atoms with Gasteiger partial charge < -0.3 is 19.6 Å². The molecule has 2 aromatic carbocycles. The molecule has 0 saturated heterocycles. The van der Waals surface area contributed by atoms with Gasteiger partial charge in [0.05, 0.1) is 19.1 Å². The normalized spacial score (nSPS) is 12.5. The van der Waals surface area contributed by atoms with Gasteiger partial charge in [-0.15, -0.1) is 10.2 Å². The summed E-state index contributed by atoms with van der Waals surface area (Å²) < 4.78 is 7.59. The molecule has 0 bridgehead atoms. The molecule has 2 aromatic heterocycles. The summed E-state index contributed by atoms with van der Waals surface area (Å²) in [5, 5.41) is 15.2. The second-order valence-corrected chi connectivity index (χ2v) is 7.53. The number of hydrogen-bond donors (Lipinski definition) is 2. The highest BCUT2D eigenvalue weighted by Gasteiger charge is 2.11. The van der Waals surface area contributed by atoms with Gasteiger partial charge in [-0.3, -0.25) is 0 Å². The van der Waals surface area contributed by atoms with Crippen molar-refractivity contribution in [2.24, 2.45) is 12.0 Å². The molecule has 2 heterocycles. The Bertz CT molecular complexity index is 1170. The number of aliphatic imine (C=N–C) groups is 1. The van der Waals surface area contributed by atoms with Crippen LogP contribution in [0.2, 0.25) is 0 Å². The Morgan fingerprint density at radius 3 is 2.47 bits per heavy atom. The predicted octanol–water partition coefficient (Wildman–Crippen LogP) is 3.78. The van der Waals surface area contributed by atoms with E-state index >= 15 is 0 Å². The van der Waals surface area contributed by atoms with Gasteiger partial charge in [0.25, 0.3) is 0 Å². The van der Waals surface area contributed by atoms with E-state index < -0.39 is 0 Å². The van der Waals surface area contributed by atoms with E-state index in [1.165, 1.54) is 5.56 Å². The highest BCUT2D eigenvalue weighted by atomic mass is 16.3. The summed E-state index contributed by atoms with van der Waals surface area (Å²) >= 11 is 0. The van der Waals surface area contributed by atoms with Crippen molar-refractivity contribution in [2.75, 3.05) is 0 Å². The molecule has 8 nitrogen and oxygen atoms in total. The number of nitrogens with zero attached hydrogens (tertiary/aromatic N) is 5. The Morgan fingerprint density at radius 1 is 1.06 bits per heavy atom. The van der Waals surface area contributed by atoms with Gasteiger partial charge in [0, 0.05) is 12.6 Å². The van der Waals surface area contributed by atoms with Gasteiger partial charge >= 0.3 is 0 Å². The van der Waals surface area contributed by atoms with E-state index in [-0.39, 0.29) is 6.04 Å².